The summed E-state index contributed by atoms with van der Waals surface area (Å²) >= 11 is 4.78. The zero-order valence-electron chi connectivity index (χ0n) is 11.0. The van der Waals surface area contributed by atoms with Crippen LogP contribution in [0.5, 0.6) is 0 Å². The van der Waals surface area contributed by atoms with Gasteiger partial charge in [-0.05, 0) is 12.0 Å². The molecule has 9 heteroatoms. The number of nitrogens with one attached hydrogen (secondary N) is 1. The van der Waals surface area contributed by atoms with Crippen LogP contribution in [0.1, 0.15) is 24.0 Å². The van der Waals surface area contributed by atoms with Crippen molar-refractivity contribution in [1.82, 2.24) is 4.72 Å². The largest absolute Gasteiger partial charge is 0.389 e. The summed E-state index contributed by atoms with van der Waals surface area (Å²) in [6.45, 7) is 0.00592. The van der Waals surface area contributed by atoms with Gasteiger partial charge < -0.3 is 5.73 Å². The first-order valence-corrected chi connectivity index (χ1v) is 8.08. The Morgan fingerprint density at radius 1 is 1.24 bits per heavy atom. The van der Waals surface area contributed by atoms with E-state index in [0.717, 1.165) is 0 Å². The molecule has 0 aliphatic rings. The molecule has 0 saturated carbocycles. The summed E-state index contributed by atoms with van der Waals surface area (Å²) < 4.78 is 61.2. The molecule has 0 radical (unpaired) electrons. The quantitative estimate of drug-likeness (QED) is 0.746. The Morgan fingerprint density at radius 3 is 2.29 bits per heavy atom. The third-order valence-electron chi connectivity index (χ3n) is 2.61. The number of nitrogens with two attached hydrogens (primary N) is 1. The molecule has 3 N–H and O–H groups in total. The fourth-order valence-corrected chi connectivity index (χ4v) is 2.71. The minimum Gasteiger partial charge on any atom is -0.389 e. The average Bonchev–Trinajstić information content (AvgIpc) is 2.35. The van der Waals surface area contributed by atoms with Crippen LogP contribution in [-0.4, -0.2) is 25.3 Å². The van der Waals surface area contributed by atoms with E-state index in [1.165, 1.54) is 0 Å². The van der Waals surface area contributed by atoms with E-state index in [1.807, 2.05) is 0 Å². The second kappa shape index (κ2) is 7.19. The minimum atomic E-state index is -4.34. The molecule has 0 atom stereocenters. The first-order valence-electron chi connectivity index (χ1n) is 6.02. The molecule has 0 bridgehead atoms. The molecule has 1 rings (SSSR count). The lowest BCUT2D eigenvalue weighted by molar-refractivity contribution is -0.134. The molecular weight excluding hydrogens is 325 g/mol. The van der Waals surface area contributed by atoms with Crippen LogP contribution in [0.25, 0.3) is 0 Å². The van der Waals surface area contributed by atoms with Gasteiger partial charge in [-0.3, -0.25) is 0 Å². The van der Waals surface area contributed by atoms with Crippen molar-refractivity contribution in [3.63, 3.8) is 0 Å². The van der Waals surface area contributed by atoms with Crippen molar-refractivity contribution in [2.75, 3.05) is 5.75 Å². The molecule has 1 aromatic rings. The van der Waals surface area contributed by atoms with Gasteiger partial charge in [0.25, 0.3) is 0 Å². The lowest BCUT2D eigenvalue weighted by Crippen LogP contribution is -2.26. The summed E-state index contributed by atoms with van der Waals surface area (Å²) in [5.74, 6) is -0.558. The van der Waals surface area contributed by atoms with Gasteiger partial charge in [0.15, 0.2) is 0 Å². The van der Waals surface area contributed by atoms with Crippen LogP contribution in [-0.2, 0) is 16.6 Å². The molecule has 0 fully saturated rings. The summed E-state index contributed by atoms with van der Waals surface area (Å²) in [6.07, 6.45) is -5.91. The van der Waals surface area contributed by atoms with Crippen LogP contribution in [0.3, 0.4) is 0 Å². The van der Waals surface area contributed by atoms with Gasteiger partial charge in [0.2, 0.25) is 10.0 Å². The van der Waals surface area contributed by atoms with Gasteiger partial charge in [0.1, 0.15) is 4.99 Å². The minimum absolute atomic E-state index is 0.00592. The first kappa shape index (κ1) is 17.9. The SMILES string of the molecule is NC(=S)c1ccc(CNS(=O)(=O)CCCC(F)(F)F)cc1. The maximum absolute atomic E-state index is 11.9. The summed E-state index contributed by atoms with van der Waals surface area (Å²) in [6, 6.07) is 6.59. The molecule has 0 aliphatic carbocycles. The zero-order valence-corrected chi connectivity index (χ0v) is 12.6. The number of thiocarbonyl (C=S) groups is 1. The molecule has 118 valence electrons. The number of hydrogen-bond donors (Lipinski definition) is 2. The Balaban J connectivity index is 2.47. The maximum Gasteiger partial charge on any atom is 0.389 e. The van der Waals surface area contributed by atoms with Crippen molar-refractivity contribution in [3.8, 4) is 0 Å². The highest BCUT2D eigenvalue weighted by Gasteiger charge is 2.27. The molecule has 21 heavy (non-hydrogen) atoms. The Morgan fingerprint density at radius 2 is 1.81 bits per heavy atom. The van der Waals surface area contributed by atoms with Crippen LogP contribution >= 0.6 is 12.2 Å². The van der Waals surface area contributed by atoms with Crippen molar-refractivity contribution in [2.24, 2.45) is 5.73 Å². The second-order valence-electron chi connectivity index (χ2n) is 4.42. The van der Waals surface area contributed by atoms with Crippen molar-refractivity contribution in [2.45, 2.75) is 25.6 Å². The lowest BCUT2D eigenvalue weighted by Gasteiger charge is -2.09. The highest BCUT2D eigenvalue weighted by molar-refractivity contribution is 7.89. The van der Waals surface area contributed by atoms with Crippen molar-refractivity contribution in [3.05, 3.63) is 35.4 Å². The number of alkyl halides is 3. The van der Waals surface area contributed by atoms with E-state index in [1.54, 1.807) is 24.3 Å². The van der Waals surface area contributed by atoms with Crippen LogP contribution in [0.15, 0.2) is 24.3 Å². The average molecular weight is 340 g/mol. The molecular formula is C12H15F3N2O2S2. The van der Waals surface area contributed by atoms with Crippen molar-refractivity contribution in [1.29, 1.82) is 0 Å². The monoisotopic (exact) mass is 340 g/mol. The molecule has 0 unspecified atom stereocenters. The van der Waals surface area contributed by atoms with E-state index in [2.05, 4.69) is 4.72 Å². The van der Waals surface area contributed by atoms with Gasteiger partial charge in [-0.25, -0.2) is 13.1 Å². The predicted octanol–water partition coefficient (Wildman–Crippen LogP) is 2.08. The summed E-state index contributed by atoms with van der Waals surface area (Å²) in [5.41, 5.74) is 6.74. The smallest absolute Gasteiger partial charge is 0.389 e. The van der Waals surface area contributed by atoms with Crippen LogP contribution < -0.4 is 10.5 Å². The fourth-order valence-electron chi connectivity index (χ4n) is 1.51. The van der Waals surface area contributed by atoms with Crippen LogP contribution in [0, 0.1) is 0 Å². The molecule has 0 aliphatic heterocycles. The second-order valence-corrected chi connectivity index (χ2v) is 6.79. The van der Waals surface area contributed by atoms with E-state index >= 15 is 0 Å². The summed E-state index contributed by atoms with van der Waals surface area (Å²) in [7, 11) is -3.73. The maximum atomic E-state index is 11.9. The highest BCUT2D eigenvalue weighted by Crippen LogP contribution is 2.21. The normalized spacial score (nSPS) is 12.3. The fraction of sp³-hybridized carbons (Fsp3) is 0.417. The molecule has 4 nitrogen and oxygen atoms in total. The highest BCUT2D eigenvalue weighted by atomic mass is 32.2. The Bertz CT molecular complexity index is 584. The molecule has 0 heterocycles. The van der Waals surface area contributed by atoms with Gasteiger partial charge >= 0.3 is 6.18 Å². The lowest BCUT2D eigenvalue weighted by atomic mass is 10.1. The molecule has 0 amide bonds. The standard InChI is InChI=1S/C12H15F3N2O2S2/c13-12(14,15)6-1-7-21(18,19)17-8-9-2-4-10(5-3-9)11(16)20/h2-5,17H,1,6-8H2,(H2,16,20). The number of halogens is 3. The third-order valence-corrected chi connectivity index (χ3v) is 4.25. The predicted molar refractivity (Wildman–Crippen MR) is 78.2 cm³/mol. The van der Waals surface area contributed by atoms with E-state index in [4.69, 9.17) is 18.0 Å². The number of benzene rings is 1. The molecule has 0 aromatic heterocycles. The molecule has 1 aromatic carbocycles. The van der Waals surface area contributed by atoms with Gasteiger partial charge in [-0.1, -0.05) is 36.5 Å². The number of sulfonamides is 1. The van der Waals surface area contributed by atoms with Gasteiger partial charge in [-0.2, -0.15) is 13.2 Å². The van der Waals surface area contributed by atoms with E-state index in [0.29, 0.717) is 11.1 Å². The first-order chi connectivity index (χ1) is 9.59. The van der Waals surface area contributed by atoms with Gasteiger partial charge in [0.05, 0.1) is 5.75 Å². The van der Waals surface area contributed by atoms with E-state index in [-0.39, 0.29) is 11.5 Å². The van der Waals surface area contributed by atoms with E-state index in [9.17, 15) is 21.6 Å². The zero-order chi connectivity index (χ0) is 16.1. The molecule has 0 saturated heterocycles. The number of rotatable bonds is 7. The van der Waals surface area contributed by atoms with Gasteiger partial charge in [0, 0.05) is 18.5 Å². The number of hydrogen-bond acceptors (Lipinski definition) is 3. The van der Waals surface area contributed by atoms with Crippen LogP contribution in [0.4, 0.5) is 13.2 Å². The topological polar surface area (TPSA) is 72.2 Å². The van der Waals surface area contributed by atoms with Crippen molar-refractivity contribution < 1.29 is 21.6 Å². The van der Waals surface area contributed by atoms with Crippen molar-refractivity contribution >= 4 is 27.2 Å². The third kappa shape index (κ3) is 7.39. The summed E-state index contributed by atoms with van der Waals surface area (Å²) in [5, 5.41) is 0. The summed E-state index contributed by atoms with van der Waals surface area (Å²) in [4.78, 5) is 0.231. The van der Waals surface area contributed by atoms with E-state index < -0.39 is 34.8 Å². The Kier molecular flexibility index (Phi) is 6.11. The Labute approximate surface area is 126 Å². The molecule has 0 spiro atoms. The Hall–Kier alpha value is -1.19. The van der Waals surface area contributed by atoms with Gasteiger partial charge in [-0.15, -0.1) is 0 Å². The van der Waals surface area contributed by atoms with Crippen LogP contribution in [0.2, 0.25) is 0 Å².